The molecule has 0 saturated heterocycles. The zero-order chi connectivity index (χ0) is 3.58. The molecule has 0 aromatic carbocycles. The van der Waals surface area contributed by atoms with Crippen LogP contribution >= 0.6 is 21.6 Å². The van der Waals surface area contributed by atoms with Gasteiger partial charge in [-0.25, -0.2) is 9.93 Å². The Labute approximate surface area is 34.8 Å². The molecule has 0 spiro atoms. The highest BCUT2D eigenvalue weighted by Gasteiger charge is 1.60. The summed E-state index contributed by atoms with van der Waals surface area (Å²) in [5.74, 6) is 0. The molecule has 0 aromatic heterocycles. The summed E-state index contributed by atoms with van der Waals surface area (Å²) in [7, 11) is 0.0741. The highest BCUT2D eigenvalue weighted by Crippen LogP contribution is 2.16. The lowest BCUT2D eigenvalue weighted by Gasteiger charge is -1.87. The Morgan fingerprint density at radius 1 is 1.50 bits per heavy atom. The van der Waals surface area contributed by atoms with Crippen LogP contribution in [0.15, 0.2) is 0 Å². The van der Waals surface area contributed by atoms with Crippen LogP contribution in [0.1, 0.15) is 0 Å². The van der Waals surface area contributed by atoms with E-state index in [1.807, 2.05) is 0 Å². The predicted octanol–water partition coefficient (Wildman–Crippen LogP) is 1.09. The maximum atomic E-state index is 4.03. The van der Waals surface area contributed by atoms with E-state index in [-0.39, 0.29) is 9.93 Å². The van der Waals surface area contributed by atoms with Gasteiger partial charge in [0.2, 0.25) is 0 Å². The van der Waals surface area contributed by atoms with Crippen LogP contribution in [0.25, 0.3) is 0 Å². The monoisotopic (exact) mass is 96.0 g/mol. The van der Waals surface area contributed by atoms with E-state index < -0.39 is 0 Å². The van der Waals surface area contributed by atoms with E-state index in [2.05, 4.69) is 24.2 Å². The fourth-order valence-corrected chi connectivity index (χ4v) is 0. The summed E-state index contributed by atoms with van der Waals surface area (Å²) in [5, 5.41) is 0. The Bertz CT molecular complexity index is 8.75. The van der Waals surface area contributed by atoms with Crippen molar-refractivity contribution in [3.05, 3.63) is 0 Å². The van der Waals surface area contributed by atoms with E-state index in [1.54, 1.807) is 0 Å². The summed E-state index contributed by atoms with van der Waals surface area (Å²) in [5.41, 5.74) is 0. The van der Waals surface area contributed by atoms with Gasteiger partial charge in [-0.05, 0) is 12.5 Å². The molecule has 0 amide bonds. The molecule has 0 radical (unpaired) electrons. The van der Waals surface area contributed by atoms with E-state index in [9.17, 15) is 0 Å². The molecular weight excluding hydrogens is 88.2 g/mol. The second-order valence-corrected chi connectivity index (χ2v) is 4.94. The van der Waals surface area contributed by atoms with Crippen molar-refractivity contribution in [2.24, 2.45) is 0 Å². The highest BCUT2D eigenvalue weighted by molar-refractivity contribution is 8.77. The molecular formula is C2H8S2. The summed E-state index contributed by atoms with van der Waals surface area (Å²) < 4.78 is 0. The van der Waals surface area contributed by atoms with Gasteiger partial charge in [0.25, 0.3) is 0 Å². The summed E-state index contributed by atoms with van der Waals surface area (Å²) in [6.45, 7) is 0. The molecule has 0 atom stereocenters. The van der Waals surface area contributed by atoms with Gasteiger partial charge in [0.05, 0.1) is 0 Å². The normalized spacial score (nSPS) is 11.2. The maximum absolute atomic E-state index is 4.03. The second kappa shape index (κ2) is 1.97. The van der Waals surface area contributed by atoms with E-state index in [1.165, 1.54) is 0 Å². The Kier molecular flexibility index (Phi) is 2.32. The third kappa shape index (κ3) is 15.9. The van der Waals surface area contributed by atoms with Gasteiger partial charge in [0, 0.05) is 0 Å². The van der Waals surface area contributed by atoms with Crippen LogP contribution in [0, 0.1) is 0 Å². The SMILES string of the molecule is C[SH](C)S. The van der Waals surface area contributed by atoms with Crippen molar-refractivity contribution >= 4 is 21.6 Å². The van der Waals surface area contributed by atoms with Gasteiger partial charge in [-0.2, -0.15) is 0 Å². The minimum Gasteiger partial charge on any atom is -0.214 e. The van der Waals surface area contributed by atoms with Crippen molar-refractivity contribution in [1.82, 2.24) is 0 Å². The standard InChI is InChI=1S/C2H8S2/c1-4(2)3/h3-4H,1-2H3. The van der Waals surface area contributed by atoms with Gasteiger partial charge in [0.1, 0.15) is 0 Å². The number of rotatable bonds is 0. The molecule has 0 saturated carbocycles. The fourth-order valence-electron chi connectivity index (χ4n) is 0. The summed E-state index contributed by atoms with van der Waals surface area (Å²) in [4.78, 5) is 0. The molecule has 0 bridgehead atoms. The minimum atomic E-state index is 0.0741. The molecule has 4 heavy (non-hydrogen) atoms. The van der Waals surface area contributed by atoms with Crippen LogP contribution < -0.4 is 0 Å². The van der Waals surface area contributed by atoms with Crippen molar-refractivity contribution in [2.45, 2.75) is 0 Å². The smallest absolute Gasteiger partial charge is 0.0289 e. The third-order valence-corrected chi connectivity index (χ3v) is 0. The zero-order valence-corrected chi connectivity index (χ0v) is 4.68. The van der Waals surface area contributed by atoms with Gasteiger partial charge < -0.3 is 0 Å². The molecule has 28 valence electrons. The molecule has 0 aliphatic carbocycles. The first-order valence-electron chi connectivity index (χ1n) is 1.09. The molecule has 0 aliphatic heterocycles. The summed E-state index contributed by atoms with van der Waals surface area (Å²) in [6, 6.07) is 0. The van der Waals surface area contributed by atoms with Crippen LogP contribution in [0.5, 0.6) is 0 Å². The molecule has 0 nitrogen and oxygen atoms in total. The largest absolute Gasteiger partial charge is 0.214 e. The number of hydrogen-bond donors (Lipinski definition) is 2. The topological polar surface area (TPSA) is 0 Å². The molecule has 0 fully saturated rings. The molecule has 0 heterocycles. The van der Waals surface area contributed by atoms with Crippen LogP contribution in [0.3, 0.4) is 0 Å². The summed E-state index contributed by atoms with van der Waals surface area (Å²) in [6.07, 6.45) is 4.19. The van der Waals surface area contributed by atoms with Crippen molar-refractivity contribution in [1.29, 1.82) is 0 Å². The molecule has 0 rings (SSSR count). The summed E-state index contributed by atoms with van der Waals surface area (Å²) >= 11 is 4.03. The second-order valence-electron chi connectivity index (χ2n) is 0.847. The third-order valence-electron chi connectivity index (χ3n) is 0. The lowest BCUT2D eigenvalue weighted by molar-refractivity contribution is 2.36. The quantitative estimate of drug-likeness (QED) is 0.327. The van der Waals surface area contributed by atoms with Gasteiger partial charge in [0.15, 0.2) is 0 Å². The molecule has 0 N–H and O–H groups in total. The van der Waals surface area contributed by atoms with E-state index >= 15 is 0 Å². The molecule has 0 unspecified atom stereocenters. The maximum Gasteiger partial charge on any atom is -0.0289 e. The first-order valence-corrected chi connectivity index (χ1v) is 4.48. The number of thiol groups is 2. The van der Waals surface area contributed by atoms with Crippen molar-refractivity contribution < 1.29 is 0 Å². The fraction of sp³-hybridized carbons (Fsp3) is 1.00. The average Bonchev–Trinajstić information content (AvgIpc) is 0.811. The van der Waals surface area contributed by atoms with Gasteiger partial charge in [-0.3, -0.25) is 0 Å². The lowest BCUT2D eigenvalue weighted by atomic mass is 11.9. The average molecular weight is 96.2 g/mol. The van der Waals surface area contributed by atoms with Gasteiger partial charge in [-0.15, -0.1) is 11.7 Å². The van der Waals surface area contributed by atoms with Gasteiger partial charge >= 0.3 is 0 Å². The Morgan fingerprint density at radius 2 is 1.50 bits per heavy atom. The van der Waals surface area contributed by atoms with E-state index in [0.29, 0.717) is 0 Å². The van der Waals surface area contributed by atoms with Crippen molar-refractivity contribution in [3.63, 3.8) is 0 Å². The van der Waals surface area contributed by atoms with Crippen LogP contribution in [0.4, 0.5) is 0 Å². The first kappa shape index (κ1) is 4.70. The minimum absolute atomic E-state index is 0.0741. The zero-order valence-electron chi connectivity index (χ0n) is 2.89. The highest BCUT2D eigenvalue weighted by atomic mass is 33.1. The molecule has 0 aromatic rings. The lowest BCUT2D eigenvalue weighted by Crippen LogP contribution is -1.44. The predicted molar refractivity (Wildman–Crippen MR) is 29.8 cm³/mol. The van der Waals surface area contributed by atoms with Crippen LogP contribution in [-0.4, -0.2) is 12.5 Å². The number of hydrogen-bond acceptors (Lipinski definition) is 1. The first-order chi connectivity index (χ1) is 1.73. The van der Waals surface area contributed by atoms with Crippen LogP contribution in [0.2, 0.25) is 0 Å². The Morgan fingerprint density at radius 3 is 1.50 bits per heavy atom. The van der Waals surface area contributed by atoms with Crippen molar-refractivity contribution in [2.75, 3.05) is 12.5 Å². The Balaban J connectivity index is 2.32. The Hall–Kier alpha value is 0.700. The van der Waals surface area contributed by atoms with E-state index in [4.69, 9.17) is 0 Å². The van der Waals surface area contributed by atoms with Crippen molar-refractivity contribution in [3.8, 4) is 0 Å². The molecule has 2 heteroatoms. The molecule has 0 aliphatic rings. The van der Waals surface area contributed by atoms with Crippen LogP contribution in [-0.2, 0) is 0 Å². The van der Waals surface area contributed by atoms with Gasteiger partial charge in [-0.1, -0.05) is 0 Å². The van der Waals surface area contributed by atoms with E-state index in [0.717, 1.165) is 0 Å².